The standard InChI is InChI=1S/C22H26N2O5S2/c1-30-14-12-20(23-31(27,28)19-9-3-2-4-10-19)22(26)29-16-21(25)24-13-11-17-7-5-6-8-18(17)15-24/h2-10,20,23H,11-16H2,1H3/t20-/m0/s1. The second-order valence-electron chi connectivity index (χ2n) is 7.21. The summed E-state index contributed by atoms with van der Waals surface area (Å²) in [6, 6.07) is 14.7. The molecular formula is C22H26N2O5S2. The van der Waals surface area contributed by atoms with E-state index < -0.39 is 28.6 Å². The maximum atomic E-state index is 12.6. The molecule has 1 amide bonds. The number of esters is 1. The number of hydrogen-bond acceptors (Lipinski definition) is 6. The van der Waals surface area contributed by atoms with Gasteiger partial charge in [-0.1, -0.05) is 42.5 Å². The van der Waals surface area contributed by atoms with Gasteiger partial charge in [-0.2, -0.15) is 16.5 Å². The van der Waals surface area contributed by atoms with Crippen LogP contribution in [-0.2, 0) is 37.3 Å². The molecule has 0 saturated carbocycles. The number of fused-ring (bicyclic) bond motifs is 1. The number of amides is 1. The number of nitrogens with one attached hydrogen (secondary N) is 1. The monoisotopic (exact) mass is 462 g/mol. The minimum atomic E-state index is -3.88. The molecular weight excluding hydrogens is 436 g/mol. The van der Waals surface area contributed by atoms with Gasteiger partial charge in [0.15, 0.2) is 6.61 Å². The number of hydrogen-bond donors (Lipinski definition) is 1. The molecule has 166 valence electrons. The average Bonchev–Trinajstić information content (AvgIpc) is 2.80. The van der Waals surface area contributed by atoms with Gasteiger partial charge in [-0.25, -0.2) is 8.42 Å². The Labute approximate surface area is 187 Å². The number of benzene rings is 2. The van der Waals surface area contributed by atoms with Gasteiger partial charge < -0.3 is 9.64 Å². The van der Waals surface area contributed by atoms with E-state index in [2.05, 4.69) is 4.72 Å². The van der Waals surface area contributed by atoms with Crippen molar-refractivity contribution in [2.24, 2.45) is 0 Å². The number of sulfonamides is 1. The average molecular weight is 463 g/mol. The Hall–Kier alpha value is -2.36. The zero-order valence-corrected chi connectivity index (χ0v) is 19.0. The maximum absolute atomic E-state index is 12.6. The summed E-state index contributed by atoms with van der Waals surface area (Å²) in [7, 11) is -3.88. The summed E-state index contributed by atoms with van der Waals surface area (Å²) in [5, 5.41) is 0. The fourth-order valence-electron chi connectivity index (χ4n) is 3.35. The van der Waals surface area contributed by atoms with E-state index in [4.69, 9.17) is 4.74 Å². The highest BCUT2D eigenvalue weighted by Gasteiger charge is 2.28. The van der Waals surface area contributed by atoms with Crippen LogP contribution < -0.4 is 4.72 Å². The highest BCUT2D eigenvalue weighted by atomic mass is 32.2. The van der Waals surface area contributed by atoms with Crippen molar-refractivity contribution >= 4 is 33.7 Å². The van der Waals surface area contributed by atoms with Crippen LogP contribution in [0.1, 0.15) is 17.5 Å². The number of nitrogens with zero attached hydrogens (tertiary/aromatic N) is 1. The first-order valence-corrected chi connectivity index (χ1v) is 12.9. The van der Waals surface area contributed by atoms with E-state index in [9.17, 15) is 18.0 Å². The summed E-state index contributed by atoms with van der Waals surface area (Å²) in [4.78, 5) is 26.9. The molecule has 0 fully saturated rings. The third kappa shape index (κ3) is 6.32. The second-order valence-corrected chi connectivity index (χ2v) is 9.91. The Morgan fingerprint density at radius 2 is 1.77 bits per heavy atom. The molecule has 1 atom stereocenters. The second kappa shape index (κ2) is 10.8. The van der Waals surface area contributed by atoms with Gasteiger partial charge >= 0.3 is 5.97 Å². The van der Waals surface area contributed by atoms with Crippen molar-refractivity contribution in [3.05, 3.63) is 65.7 Å². The number of ether oxygens (including phenoxy) is 1. The molecule has 1 aliphatic heterocycles. The Kier molecular flexibility index (Phi) is 8.11. The van der Waals surface area contributed by atoms with Crippen LogP contribution in [0.2, 0.25) is 0 Å². The van der Waals surface area contributed by atoms with Gasteiger partial charge in [-0.05, 0) is 48.1 Å². The quantitative estimate of drug-likeness (QED) is 0.575. The molecule has 0 bridgehead atoms. The van der Waals surface area contributed by atoms with Crippen molar-refractivity contribution in [2.75, 3.05) is 25.2 Å². The Balaban J connectivity index is 1.60. The first-order chi connectivity index (χ1) is 14.9. The molecule has 1 aliphatic rings. The fourth-order valence-corrected chi connectivity index (χ4v) is 5.06. The lowest BCUT2D eigenvalue weighted by atomic mass is 10.00. The molecule has 31 heavy (non-hydrogen) atoms. The SMILES string of the molecule is CSCC[C@H](NS(=O)(=O)c1ccccc1)C(=O)OCC(=O)N1CCc2ccccc2C1. The number of carbonyl (C=O) groups excluding carboxylic acids is 2. The lowest BCUT2D eigenvalue weighted by molar-refractivity contribution is -0.153. The van der Waals surface area contributed by atoms with Crippen LogP contribution in [0.25, 0.3) is 0 Å². The highest BCUT2D eigenvalue weighted by Crippen LogP contribution is 2.18. The van der Waals surface area contributed by atoms with Gasteiger partial charge in [0.05, 0.1) is 4.90 Å². The van der Waals surface area contributed by atoms with Crippen molar-refractivity contribution in [1.82, 2.24) is 9.62 Å². The normalized spacial score (nSPS) is 14.5. The zero-order chi connectivity index (χ0) is 22.3. The number of rotatable bonds is 9. The molecule has 0 aliphatic carbocycles. The van der Waals surface area contributed by atoms with E-state index in [-0.39, 0.29) is 17.2 Å². The molecule has 2 aromatic rings. The predicted octanol–water partition coefficient (Wildman–Crippen LogP) is 2.21. The Bertz CT molecular complexity index is 1010. The molecule has 2 aromatic carbocycles. The summed E-state index contributed by atoms with van der Waals surface area (Å²) in [6.07, 6.45) is 2.88. The molecule has 0 unspecified atom stereocenters. The van der Waals surface area contributed by atoms with Gasteiger partial charge in [0.1, 0.15) is 6.04 Å². The van der Waals surface area contributed by atoms with Gasteiger partial charge in [-0.3, -0.25) is 9.59 Å². The molecule has 1 heterocycles. The third-order valence-corrected chi connectivity index (χ3v) is 7.20. The maximum Gasteiger partial charge on any atom is 0.324 e. The fraction of sp³-hybridized carbons (Fsp3) is 0.364. The van der Waals surface area contributed by atoms with Crippen LogP contribution in [0.15, 0.2) is 59.5 Å². The first kappa shape index (κ1) is 23.3. The summed E-state index contributed by atoms with van der Waals surface area (Å²) in [5.41, 5.74) is 2.30. The molecule has 0 spiro atoms. The van der Waals surface area contributed by atoms with Crippen LogP contribution in [0.5, 0.6) is 0 Å². The van der Waals surface area contributed by atoms with Crippen LogP contribution in [0.3, 0.4) is 0 Å². The van der Waals surface area contributed by atoms with E-state index in [1.54, 1.807) is 23.1 Å². The van der Waals surface area contributed by atoms with Crippen LogP contribution in [-0.4, -0.2) is 56.4 Å². The van der Waals surface area contributed by atoms with Gasteiger partial charge in [0.25, 0.3) is 5.91 Å². The first-order valence-electron chi connectivity index (χ1n) is 9.98. The molecule has 3 rings (SSSR count). The number of thioether (sulfide) groups is 1. The van der Waals surface area contributed by atoms with Crippen molar-refractivity contribution in [3.63, 3.8) is 0 Å². The lowest BCUT2D eigenvalue weighted by Gasteiger charge is -2.29. The molecule has 1 N–H and O–H groups in total. The topological polar surface area (TPSA) is 92.8 Å². The smallest absolute Gasteiger partial charge is 0.324 e. The zero-order valence-electron chi connectivity index (χ0n) is 17.3. The van der Waals surface area contributed by atoms with Crippen molar-refractivity contribution in [3.8, 4) is 0 Å². The van der Waals surface area contributed by atoms with E-state index in [0.29, 0.717) is 18.8 Å². The van der Waals surface area contributed by atoms with Gasteiger partial charge in [0.2, 0.25) is 10.0 Å². The summed E-state index contributed by atoms with van der Waals surface area (Å²) < 4.78 is 32.9. The molecule has 9 heteroatoms. The van der Waals surface area contributed by atoms with Gasteiger partial charge in [-0.15, -0.1) is 0 Å². The van der Waals surface area contributed by atoms with Gasteiger partial charge in [0, 0.05) is 13.1 Å². The lowest BCUT2D eigenvalue weighted by Crippen LogP contribution is -2.44. The minimum Gasteiger partial charge on any atom is -0.454 e. The summed E-state index contributed by atoms with van der Waals surface area (Å²) in [6.45, 7) is 0.622. The molecule has 0 radical (unpaired) electrons. The Morgan fingerprint density at radius 1 is 1.10 bits per heavy atom. The summed E-state index contributed by atoms with van der Waals surface area (Å²) >= 11 is 1.49. The van der Waals surface area contributed by atoms with Crippen molar-refractivity contribution in [1.29, 1.82) is 0 Å². The molecule has 0 saturated heterocycles. The van der Waals surface area contributed by atoms with E-state index in [1.807, 2.05) is 30.5 Å². The van der Waals surface area contributed by atoms with Crippen LogP contribution in [0, 0.1) is 0 Å². The number of carbonyl (C=O) groups is 2. The van der Waals surface area contributed by atoms with E-state index in [1.165, 1.54) is 29.5 Å². The predicted molar refractivity (Wildman–Crippen MR) is 120 cm³/mol. The van der Waals surface area contributed by atoms with Crippen LogP contribution >= 0.6 is 11.8 Å². The van der Waals surface area contributed by atoms with E-state index >= 15 is 0 Å². The van der Waals surface area contributed by atoms with E-state index in [0.717, 1.165) is 12.0 Å². The summed E-state index contributed by atoms with van der Waals surface area (Å²) in [5.74, 6) is -0.481. The highest BCUT2D eigenvalue weighted by molar-refractivity contribution is 7.98. The molecule has 7 nitrogen and oxygen atoms in total. The van der Waals surface area contributed by atoms with Crippen molar-refractivity contribution in [2.45, 2.75) is 30.3 Å². The third-order valence-electron chi connectivity index (χ3n) is 5.07. The largest absolute Gasteiger partial charge is 0.454 e. The van der Waals surface area contributed by atoms with Crippen molar-refractivity contribution < 1.29 is 22.7 Å². The van der Waals surface area contributed by atoms with Crippen LogP contribution in [0.4, 0.5) is 0 Å². The Morgan fingerprint density at radius 3 is 2.48 bits per heavy atom. The minimum absolute atomic E-state index is 0.0695. The molecule has 0 aromatic heterocycles.